The molecule has 2 nitrogen and oxygen atoms in total. The van der Waals surface area contributed by atoms with Crippen LogP contribution in [0, 0.1) is 6.07 Å². The molecule has 1 aliphatic heterocycles. The third-order valence-electron chi connectivity index (χ3n) is 1.65. The average molecular weight is 184 g/mol. The van der Waals surface area contributed by atoms with Crippen molar-refractivity contribution in [1.82, 2.24) is 0 Å². The molecule has 0 saturated heterocycles. The molecule has 12 heavy (non-hydrogen) atoms. The van der Waals surface area contributed by atoms with Gasteiger partial charge in [0.25, 0.3) is 0 Å². The summed E-state index contributed by atoms with van der Waals surface area (Å²) in [5.41, 5.74) is 0. The predicted molar refractivity (Wildman–Crippen MR) is 45.9 cm³/mol. The SMILES string of the molecule is Clc1[c]cc2c(c1)OCCCO2. The van der Waals surface area contributed by atoms with Crippen LogP contribution in [0.4, 0.5) is 0 Å². The normalized spacial score (nSPS) is 15.4. The lowest BCUT2D eigenvalue weighted by Gasteiger charge is -2.05. The van der Waals surface area contributed by atoms with Crippen LogP contribution in [-0.2, 0) is 0 Å². The number of halogens is 1. The Morgan fingerprint density at radius 2 is 2.00 bits per heavy atom. The quantitative estimate of drug-likeness (QED) is 0.615. The molecular formula is C9H8ClO2. The smallest absolute Gasteiger partial charge is 0.162 e. The first-order valence-electron chi connectivity index (χ1n) is 3.83. The number of ether oxygens (including phenoxy) is 2. The van der Waals surface area contributed by atoms with Gasteiger partial charge in [-0.25, -0.2) is 0 Å². The van der Waals surface area contributed by atoms with Gasteiger partial charge in [0, 0.05) is 18.6 Å². The van der Waals surface area contributed by atoms with E-state index < -0.39 is 0 Å². The third-order valence-corrected chi connectivity index (χ3v) is 1.86. The summed E-state index contributed by atoms with van der Waals surface area (Å²) < 4.78 is 10.8. The van der Waals surface area contributed by atoms with E-state index in [0.29, 0.717) is 18.2 Å². The Labute approximate surface area is 76.1 Å². The molecule has 0 amide bonds. The molecule has 1 aromatic rings. The van der Waals surface area contributed by atoms with E-state index in [2.05, 4.69) is 6.07 Å². The van der Waals surface area contributed by atoms with Crippen LogP contribution in [0.5, 0.6) is 11.5 Å². The molecule has 0 N–H and O–H groups in total. The largest absolute Gasteiger partial charge is 0.490 e. The summed E-state index contributed by atoms with van der Waals surface area (Å²) in [7, 11) is 0. The zero-order chi connectivity index (χ0) is 8.39. The summed E-state index contributed by atoms with van der Waals surface area (Å²) in [6.07, 6.45) is 0.909. The monoisotopic (exact) mass is 183 g/mol. The van der Waals surface area contributed by atoms with Gasteiger partial charge in [-0.1, -0.05) is 11.6 Å². The van der Waals surface area contributed by atoms with E-state index in [4.69, 9.17) is 21.1 Å². The lowest BCUT2D eigenvalue weighted by Crippen LogP contribution is -1.97. The van der Waals surface area contributed by atoms with Crippen molar-refractivity contribution in [2.45, 2.75) is 6.42 Å². The molecule has 0 unspecified atom stereocenters. The highest BCUT2D eigenvalue weighted by Crippen LogP contribution is 2.31. The van der Waals surface area contributed by atoms with Crippen LogP contribution in [-0.4, -0.2) is 13.2 Å². The van der Waals surface area contributed by atoms with Gasteiger partial charge in [-0.15, -0.1) is 0 Å². The van der Waals surface area contributed by atoms with E-state index in [-0.39, 0.29) is 0 Å². The van der Waals surface area contributed by atoms with Crippen molar-refractivity contribution in [3.05, 3.63) is 23.2 Å². The predicted octanol–water partition coefficient (Wildman–Crippen LogP) is 2.30. The summed E-state index contributed by atoms with van der Waals surface area (Å²) in [5.74, 6) is 1.45. The number of hydrogen-bond acceptors (Lipinski definition) is 2. The van der Waals surface area contributed by atoms with E-state index in [1.165, 1.54) is 0 Å². The molecule has 1 aliphatic rings. The van der Waals surface area contributed by atoms with Crippen molar-refractivity contribution in [2.75, 3.05) is 13.2 Å². The third kappa shape index (κ3) is 1.48. The van der Waals surface area contributed by atoms with Crippen LogP contribution in [0.25, 0.3) is 0 Å². The second-order valence-electron chi connectivity index (χ2n) is 2.56. The first kappa shape index (κ1) is 7.74. The molecule has 0 aromatic heterocycles. The molecule has 0 saturated carbocycles. The number of hydrogen-bond donors (Lipinski definition) is 0. The van der Waals surface area contributed by atoms with Crippen molar-refractivity contribution in [3.8, 4) is 11.5 Å². The summed E-state index contributed by atoms with van der Waals surface area (Å²) in [5, 5.41) is 0.555. The minimum absolute atomic E-state index is 0.555. The zero-order valence-electron chi connectivity index (χ0n) is 6.47. The Bertz CT molecular complexity index is 286. The Morgan fingerprint density at radius 1 is 1.25 bits per heavy atom. The Hall–Kier alpha value is -0.890. The van der Waals surface area contributed by atoms with Gasteiger partial charge in [0.2, 0.25) is 0 Å². The van der Waals surface area contributed by atoms with E-state index in [1.54, 1.807) is 12.1 Å². The van der Waals surface area contributed by atoms with E-state index in [1.807, 2.05) is 0 Å². The number of fused-ring (bicyclic) bond motifs is 1. The molecule has 63 valence electrons. The molecule has 0 aliphatic carbocycles. The first-order valence-corrected chi connectivity index (χ1v) is 4.21. The highest BCUT2D eigenvalue weighted by molar-refractivity contribution is 6.30. The second-order valence-corrected chi connectivity index (χ2v) is 2.97. The van der Waals surface area contributed by atoms with Crippen LogP contribution in [0.2, 0.25) is 5.02 Å². The number of benzene rings is 1. The Balaban J connectivity index is 2.36. The van der Waals surface area contributed by atoms with Crippen LogP contribution < -0.4 is 9.47 Å². The molecule has 1 radical (unpaired) electrons. The van der Waals surface area contributed by atoms with E-state index in [0.717, 1.165) is 17.9 Å². The lowest BCUT2D eigenvalue weighted by atomic mass is 10.3. The molecule has 0 fully saturated rings. The molecule has 2 rings (SSSR count). The Morgan fingerprint density at radius 3 is 2.83 bits per heavy atom. The van der Waals surface area contributed by atoms with Crippen molar-refractivity contribution in [2.24, 2.45) is 0 Å². The van der Waals surface area contributed by atoms with Crippen LogP contribution >= 0.6 is 11.6 Å². The van der Waals surface area contributed by atoms with Gasteiger partial charge in [0.05, 0.1) is 18.2 Å². The lowest BCUT2D eigenvalue weighted by molar-refractivity contribution is 0.297. The zero-order valence-corrected chi connectivity index (χ0v) is 7.23. The maximum absolute atomic E-state index is 5.74. The molecule has 0 atom stereocenters. The van der Waals surface area contributed by atoms with Crippen LogP contribution in [0.1, 0.15) is 6.42 Å². The second kappa shape index (κ2) is 3.23. The van der Waals surface area contributed by atoms with E-state index >= 15 is 0 Å². The summed E-state index contributed by atoms with van der Waals surface area (Å²) in [6, 6.07) is 6.28. The molecule has 0 spiro atoms. The molecule has 3 heteroatoms. The summed E-state index contributed by atoms with van der Waals surface area (Å²) in [4.78, 5) is 0. The minimum atomic E-state index is 0.555. The van der Waals surface area contributed by atoms with Gasteiger partial charge < -0.3 is 9.47 Å². The highest BCUT2D eigenvalue weighted by Gasteiger charge is 2.09. The van der Waals surface area contributed by atoms with Crippen molar-refractivity contribution in [3.63, 3.8) is 0 Å². The van der Waals surface area contributed by atoms with Gasteiger partial charge in [-0.05, 0) is 6.07 Å². The molecular weight excluding hydrogens is 176 g/mol. The topological polar surface area (TPSA) is 18.5 Å². The number of rotatable bonds is 0. The first-order chi connectivity index (χ1) is 5.86. The van der Waals surface area contributed by atoms with Crippen LogP contribution in [0.15, 0.2) is 12.1 Å². The van der Waals surface area contributed by atoms with Crippen LogP contribution in [0.3, 0.4) is 0 Å². The fourth-order valence-electron chi connectivity index (χ4n) is 1.08. The summed E-state index contributed by atoms with van der Waals surface area (Å²) in [6.45, 7) is 1.38. The molecule has 0 bridgehead atoms. The van der Waals surface area contributed by atoms with E-state index in [9.17, 15) is 0 Å². The maximum atomic E-state index is 5.74. The van der Waals surface area contributed by atoms with Gasteiger partial charge in [-0.3, -0.25) is 0 Å². The van der Waals surface area contributed by atoms with Gasteiger partial charge in [-0.2, -0.15) is 0 Å². The fourth-order valence-corrected chi connectivity index (χ4v) is 1.24. The summed E-state index contributed by atoms with van der Waals surface area (Å²) >= 11 is 5.74. The van der Waals surface area contributed by atoms with Crippen molar-refractivity contribution < 1.29 is 9.47 Å². The fraction of sp³-hybridized carbons (Fsp3) is 0.333. The van der Waals surface area contributed by atoms with Gasteiger partial charge in [0.15, 0.2) is 11.5 Å². The van der Waals surface area contributed by atoms with Crippen molar-refractivity contribution >= 4 is 11.6 Å². The van der Waals surface area contributed by atoms with Crippen molar-refractivity contribution in [1.29, 1.82) is 0 Å². The molecule has 1 aromatic carbocycles. The van der Waals surface area contributed by atoms with Gasteiger partial charge in [0.1, 0.15) is 0 Å². The molecule has 1 heterocycles. The average Bonchev–Trinajstić information content (AvgIpc) is 2.28. The highest BCUT2D eigenvalue weighted by atomic mass is 35.5. The minimum Gasteiger partial charge on any atom is -0.490 e. The standard InChI is InChI=1S/C9H8ClO2/c10-7-2-3-8-9(6-7)12-5-1-4-11-8/h3,6H,1,4-5H2. The maximum Gasteiger partial charge on any atom is 0.162 e. The van der Waals surface area contributed by atoms with Gasteiger partial charge >= 0.3 is 0 Å². The Kier molecular flexibility index (Phi) is 2.09.